The lowest BCUT2D eigenvalue weighted by molar-refractivity contribution is -0.116. The summed E-state index contributed by atoms with van der Waals surface area (Å²) in [6.07, 6.45) is 3.30. The van der Waals surface area contributed by atoms with Crippen molar-refractivity contribution in [3.05, 3.63) is 46.6 Å². The third-order valence-corrected chi connectivity index (χ3v) is 5.94. The van der Waals surface area contributed by atoms with Crippen molar-refractivity contribution in [1.29, 1.82) is 0 Å². The summed E-state index contributed by atoms with van der Waals surface area (Å²) in [5, 5.41) is 5.74. The fourth-order valence-electron chi connectivity index (χ4n) is 4.36. The van der Waals surface area contributed by atoms with Crippen LogP contribution in [0.1, 0.15) is 46.4 Å². The zero-order valence-corrected chi connectivity index (χ0v) is 16.5. The van der Waals surface area contributed by atoms with Gasteiger partial charge in [0.1, 0.15) is 17.7 Å². The molecule has 3 aliphatic rings. The number of hydrogen-bond acceptors (Lipinski definition) is 5. The number of amides is 2. The number of fused-ring (bicyclic) bond motifs is 2. The van der Waals surface area contributed by atoms with Crippen molar-refractivity contribution in [3.8, 4) is 5.75 Å². The molecule has 2 N–H and O–H groups in total. The molecule has 0 unspecified atom stereocenters. The zero-order chi connectivity index (χ0) is 20.0. The van der Waals surface area contributed by atoms with Gasteiger partial charge < -0.3 is 20.3 Å². The quantitative estimate of drug-likeness (QED) is 0.839. The highest BCUT2D eigenvalue weighted by Crippen LogP contribution is 2.30. The number of nitrogens with zero attached hydrogens (tertiary/aromatic N) is 2. The summed E-state index contributed by atoms with van der Waals surface area (Å²) in [4.78, 5) is 30.4. The van der Waals surface area contributed by atoms with Crippen molar-refractivity contribution in [3.63, 3.8) is 0 Å². The predicted molar refractivity (Wildman–Crippen MR) is 109 cm³/mol. The van der Waals surface area contributed by atoms with E-state index in [9.17, 15) is 9.59 Å². The maximum atomic E-state index is 11.8. The van der Waals surface area contributed by atoms with Crippen LogP contribution in [-0.4, -0.2) is 36.0 Å². The van der Waals surface area contributed by atoms with Crippen molar-refractivity contribution >= 4 is 23.3 Å². The summed E-state index contributed by atoms with van der Waals surface area (Å²) in [5.74, 6) is 1.89. The molecule has 1 fully saturated rings. The SMILES string of the molecule is Cc1cc2c(nc1N1CCC(Oc3ccc4c(c3)CCC(=O)N4)CC1)CNC2=O. The molecule has 1 aromatic heterocycles. The summed E-state index contributed by atoms with van der Waals surface area (Å²) in [5.41, 5.74) is 4.62. The Bertz CT molecular complexity index is 996. The topological polar surface area (TPSA) is 83.6 Å². The Morgan fingerprint density at radius 3 is 2.79 bits per heavy atom. The molecule has 0 radical (unpaired) electrons. The van der Waals surface area contributed by atoms with E-state index in [1.807, 2.05) is 25.1 Å². The first-order chi connectivity index (χ1) is 14.1. The standard InChI is InChI=1S/C22H24N4O3/c1-13-10-17-19(12-23-22(17)28)25-21(13)26-8-6-15(7-9-26)29-16-3-4-18-14(11-16)2-5-20(27)24-18/h3-4,10-11,15H,2,5-9,12H2,1H3,(H,23,28)(H,24,27). The molecule has 7 nitrogen and oxygen atoms in total. The first kappa shape index (κ1) is 18.0. The van der Waals surface area contributed by atoms with Gasteiger partial charge in [-0.25, -0.2) is 4.98 Å². The number of anilines is 2. The van der Waals surface area contributed by atoms with Crippen LogP contribution in [0.5, 0.6) is 5.75 Å². The number of aryl methyl sites for hydroxylation is 2. The van der Waals surface area contributed by atoms with Gasteiger partial charge in [0.05, 0.1) is 17.8 Å². The Morgan fingerprint density at radius 2 is 1.97 bits per heavy atom. The fraction of sp³-hybridized carbons (Fsp3) is 0.409. The summed E-state index contributed by atoms with van der Waals surface area (Å²) in [6, 6.07) is 7.88. The Hall–Kier alpha value is -3.09. The van der Waals surface area contributed by atoms with Crippen molar-refractivity contribution in [1.82, 2.24) is 10.3 Å². The minimum atomic E-state index is -0.0288. The Kier molecular flexibility index (Phi) is 4.38. The molecule has 0 atom stereocenters. The van der Waals surface area contributed by atoms with Gasteiger partial charge in [-0.3, -0.25) is 9.59 Å². The molecular formula is C22H24N4O3. The van der Waals surface area contributed by atoms with Crippen molar-refractivity contribution in [2.45, 2.75) is 45.3 Å². The van der Waals surface area contributed by atoms with Gasteiger partial charge in [0.15, 0.2) is 0 Å². The van der Waals surface area contributed by atoms with E-state index in [1.54, 1.807) is 0 Å². The molecule has 7 heteroatoms. The number of aromatic nitrogens is 1. The minimum Gasteiger partial charge on any atom is -0.490 e. The largest absolute Gasteiger partial charge is 0.490 e. The average molecular weight is 392 g/mol. The Morgan fingerprint density at radius 1 is 1.14 bits per heavy atom. The number of nitrogens with one attached hydrogen (secondary N) is 2. The molecule has 0 spiro atoms. The third-order valence-electron chi connectivity index (χ3n) is 5.94. The number of piperidine rings is 1. The number of rotatable bonds is 3. The molecule has 1 aromatic carbocycles. The number of hydrogen-bond donors (Lipinski definition) is 2. The summed E-state index contributed by atoms with van der Waals surface area (Å²) < 4.78 is 6.24. The second-order valence-corrected chi connectivity index (χ2v) is 7.98. The molecule has 4 heterocycles. The van der Waals surface area contributed by atoms with E-state index in [1.165, 1.54) is 0 Å². The van der Waals surface area contributed by atoms with Crippen LogP contribution in [0.15, 0.2) is 24.3 Å². The maximum Gasteiger partial charge on any atom is 0.253 e. The fourth-order valence-corrected chi connectivity index (χ4v) is 4.36. The highest BCUT2D eigenvalue weighted by Gasteiger charge is 2.27. The lowest BCUT2D eigenvalue weighted by Gasteiger charge is -2.34. The average Bonchev–Trinajstić information content (AvgIpc) is 3.08. The van der Waals surface area contributed by atoms with Crippen molar-refractivity contribution < 1.29 is 14.3 Å². The Balaban J connectivity index is 1.24. The molecule has 150 valence electrons. The van der Waals surface area contributed by atoms with E-state index in [2.05, 4.69) is 21.6 Å². The monoisotopic (exact) mass is 392 g/mol. The first-order valence-corrected chi connectivity index (χ1v) is 10.2. The second-order valence-electron chi connectivity index (χ2n) is 7.98. The summed E-state index contributed by atoms with van der Waals surface area (Å²) in [6.45, 7) is 4.28. The minimum absolute atomic E-state index is 0.0288. The summed E-state index contributed by atoms with van der Waals surface area (Å²) in [7, 11) is 0. The van der Waals surface area contributed by atoms with Crippen LogP contribution in [0.2, 0.25) is 0 Å². The van der Waals surface area contributed by atoms with Crippen LogP contribution < -0.4 is 20.3 Å². The molecule has 3 aliphatic heterocycles. The van der Waals surface area contributed by atoms with Gasteiger partial charge in [-0.1, -0.05) is 0 Å². The van der Waals surface area contributed by atoms with Crippen LogP contribution in [0, 0.1) is 6.92 Å². The lowest BCUT2D eigenvalue weighted by Crippen LogP contribution is -2.39. The zero-order valence-electron chi connectivity index (χ0n) is 16.5. The number of carbonyl (C=O) groups excluding carboxylic acids is 2. The normalized spacial score (nSPS) is 18.7. The van der Waals surface area contributed by atoms with Gasteiger partial charge in [-0.15, -0.1) is 0 Å². The molecule has 2 amide bonds. The lowest BCUT2D eigenvalue weighted by atomic mass is 10.0. The first-order valence-electron chi connectivity index (χ1n) is 10.2. The van der Waals surface area contributed by atoms with Crippen LogP contribution in [0.3, 0.4) is 0 Å². The molecule has 29 heavy (non-hydrogen) atoms. The molecule has 0 aliphatic carbocycles. The van der Waals surface area contributed by atoms with E-state index in [0.717, 1.165) is 66.4 Å². The molecular weight excluding hydrogens is 368 g/mol. The molecule has 5 rings (SSSR count). The molecule has 1 saturated heterocycles. The highest BCUT2D eigenvalue weighted by molar-refractivity contribution is 5.98. The molecule has 0 bridgehead atoms. The Labute approximate surface area is 169 Å². The molecule has 0 saturated carbocycles. The molecule has 2 aromatic rings. The van der Waals surface area contributed by atoms with Gasteiger partial charge in [-0.05, 0) is 48.7 Å². The summed E-state index contributed by atoms with van der Waals surface area (Å²) >= 11 is 0. The van der Waals surface area contributed by atoms with Gasteiger partial charge in [0.2, 0.25) is 5.91 Å². The number of benzene rings is 1. The van der Waals surface area contributed by atoms with E-state index >= 15 is 0 Å². The van der Waals surface area contributed by atoms with Gasteiger partial charge in [-0.2, -0.15) is 0 Å². The van der Waals surface area contributed by atoms with Crippen LogP contribution in [-0.2, 0) is 17.8 Å². The van der Waals surface area contributed by atoms with Crippen LogP contribution >= 0.6 is 0 Å². The van der Waals surface area contributed by atoms with E-state index < -0.39 is 0 Å². The van der Waals surface area contributed by atoms with Gasteiger partial charge in [0, 0.05) is 38.0 Å². The third kappa shape index (κ3) is 3.41. The van der Waals surface area contributed by atoms with Crippen molar-refractivity contribution in [2.75, 3.05) is 23.3 Å². The van der Waals surface area contributed by atoms with Crippen molar-refractivity contribution in [2.24, 2.45) is 0 Å². The number of ether oxygens (including phenoxy) is 1. The predicted octanol–water partition coefficient (Wildman–Crippen LogP) is 2.57. The van der Waals surface area contributed by atoms with Gasteiger partial charge >= 0.3 is 0 Å². The highest BCUT2D eigenvalue weighted by atomic mass is 16.5. The van der Waals surface area contributed by atoms with E-state index in [-0.39, 0.29) is 17.9 Å². The van der Waals surface area contributed by atoms with Gasteiger partial charge in [0.25, 0.3) is 5.91 Å². The smallest absolute Gasteiger partial charge is 0.253 e. The van der Waals surface area contributed by atoms with E-state index in [4.69, 9.17) is 9.72 Å². The number of pyridine rings is 1. The second kappa shape index (κ2) is 7.06. The number of carbonyl (C=O) groups is 2. The van der Waals surface area contributed by atoms with Crippen LogP contribution in [0.25, 0.3) is 0 Å². The maximum absolute atomic E-state index is 11.8. The van der Waals surface area contributed by atoms with E-state index in [0.29, 0.717) is 18.5 Å². The van der Waals surface area contributed by atoms with Crippen LogP contribution in [0.4, 0.5) is 11.5 Å².